The molecule has 2 N–H and O–H groups in total. The van der Waals surface area contributed by atoms with E-state index in [1.54, 1.807) is 0 Å². The average Bonchev–Trinajstić information content (AvgIpc) is 1.59. The zero-order chi connectivity index (χ0) is 8.20. The smallest absolute Gasteiger partial charge is 0.374 e. The molecule has 0 rings (SSSR count). The van der Waals surface area contributed by atoms with E-state index in [1.165, 1.54) is 6.92 Å². The summed E-state index contributed by atoms with van der Waals surface area (Å²) in [6.45, 7) is 1.47. The lowest BCUT2D eigenvalue weighted by Gasteiger charge is -2.01. The maximum absolute atomic E-state index is 11.6. The Morgan fingerprint density at radius 1 is 1.60 bits per heavy atom. The Morgan fingerprint density at radius 3 is 2.40 bits per heavy atom. The molecule has 0 spiro atoms. The minimum absolute atomic E-state index is 0.121. The van der Waals surface area contributed by atoms with Gasteiger partial charge in [-0.1, -0.05) is 6.08 Å². The van der Waals surface area contributed by atoms with Crippen molar-refractivity contribution >= 4 is 0 Å². The standard InChI is InChI=1S/C6H10F2O2/c1-5(9)3-2-4-6(7,8)10/h2,4-5,9-10H,3H2,1H3. The van der Waals surface area contributed by atoms with Gasteiger partial charge in [0.05, 0.1) is 6.10 Å². The van der Waals surface area contributed by atoms with Crippen molar-refractivity contribution in [3.8, 4) is 0 Å². The van der Waals surface area contributed by atoms with Gasteiger partial charge in [0.1, 0.15) is 0 Å². The fourth-order valence-corrected chi connectivity index (χ4v) is 0.407. The van der Waals surface area contributed by atoms with Gasteiger partial charge in [-0.3, -0.25) is 0 Å². The number of aliphatic hydroxyl groups is 2. The van der Waals surface area contributed by atoms with Crippen molar-refractivity contribution < 1.29 is 19.0 Å². The van der Waals surface area contributed by atoms with Crippen molar-refractivity contribution in [3.05, 3.63) is 12.2 Å². The van der Waals surface area contributed by atoms with Crippen LogP contribution in [0.15, 0.2) is 12.2 Å². The molecule has 2 nitrogen and oxygen atoms in total. The lowest BCUT2D eigenvalue weighted by Crippen LogP contribution is -2.09. The highest BCUT2D eigenvalue weighted by molar-refractivity contribution is 4.88. The number of hydrogen-bond donors (Lipinski definition) is 2. The van der Waals surface area contributed by atoms with Gasteiger partial charge in [0.25, 0.3) is 0 Å². The molecule has 0 bridgehead atoms. The number of halogens is 2. The first-order valence-electron chi connectivity index (χ1n) is 2.88. The van der Waals surface area contributed by atoms with Crippen LogP contribution in [0.25, 0.3) is 0 Å². The zero-order valence-corrected chi connectivity index (χ0v) is 5.59. The van der Waals surface area contributed by atoms with Crippen LogP contribution in [0.3, 0.4) is 0 Å². The average molecular weight is 152 g/mol. The molecule has 0 saturated heterocycles. The summed E-state index contributed by atoms with van der Waals surface area (Å²) in [5.41, 5.74) is 0. The predicted octanol–water partition coefficient (Wildman–Crippen LogP) is 0.899. The van der Waals surface area contributed by atoms with Gasteiger partial charge in [0.15, 0.2) is 0 Å². The van der Waals surface area contributed by atoms with Crippen LogP contribution in [-0.2, 0) is 0 Å². The SMILES string of the molecule is CC(O)CC=CC(O)(F)F. The molecular weight excluding hydrogens is 142 g/mol. The molecule has 0 aromatic rings. The van der Waals surface area contributed by atoms with Crippen molar-refractivity contribution in [2.45, 2.75) is 25.6 Å². The van der Waals surface area contributed by atoms with Crippen molar-refractivity contribution in [2.75, 3.05) is 0 Å². The molecule has 0 radical (unpaired) electrons. The molecule has 0 aliphatic rings. The Bertz CT molecular complexity index is 115. The van der Waals surface area contributed by atoms with Crippen LogP contribution >= 0.6 is 0 Å². The van der Waals surface area contributed by atoms with Crippen molar-refractivity contribution in [2.24, 2.45) is 0 Å². The van der Waals surface area contributed by atoms with Crippen LogP contribution in [0.4, 0.5) is 8.78 Å². The van der Waals surface area contributed by atoms with E-state index in [9.17, 15) is 8.78 Å². The van der Waals surface area contributed by atoms with E-state index in [2.05, 4.69) is 0 Å². The van der Waals surface area contributed by atoms with Gasteiger partial charge in [0.2, 0.25) is 0 Å². The fraction of sp³-hybridized carbons (Fsp3) is 0.667. The Kier molecular flexibility index (Phi) is 3.46. The zero-order valence-electron chi connectivity index (χ0n) is 5.59. The number of alkyl halides is 2. The largest absolute Gasteiger partial charge is 0.393 e. The summed E-state index contributed by atoms with van der Waals surface area (Å²) in [5, 5.41) is 16.4. The Morgan fingerprint density at radius 2 is 2.10 bits per heavy atom. The van der Waals surface area contributed by atoms with Crippen molar-refractivity contribution in [1.82, 2.24) is 0 Å². The first-order chi connectivity index (χ1) is 4.42. The van der Waals surface area contributed by atoms with E-state index in [4.69, 9.17) is 10.2 Å². The molecule has 0 amide bonds. The highest BCUT2D eigenvalue weighted by Crippen LogP contribution is 2.09. The molecule has 4 heteroatoms. The second-order valence-electron chi connectivity index (χ2n) is 2.07. The third kappa shape index (κ3) is 7.52. The summed E-state index contributed by atoms with van der Waals surface area (Å²) >= 11 is 0. The van der Waals surface area contributed by atoms with Gasteiger partial charge >= 0.3 is 6.11 Å². The summed E-state index contributed by atoms with van der Waals surface area (Å²) < 4.78 is 23.1. The molecule has 0 aromatic heterocycles. The van der Waals surface area contributed by atoms with Crippen LogP contribution in [0.2, 0.25) is 0 Å². The second-order valence-corrected chi connectivity index (χ2v) is 2.07. The summed E-state index contributed by atoms with van der Waals surface area (Å²) in [7, 11) is 0. The third-order valence-electron chi connectivity index (χ3n) is 0.796. The van der Waals surface area contributed by atoms with E-state index in [0.717, 1.165) is 6.08 Å². The van der Waals surface area contributed by atoms with E-state index in [-0.39, 0.29) is 6.42 Å². The van der Waals surface area contributed by atoms with Gasteiger partial charge in [-0.05, 0) is 13.3 Å². The van der Waals surface area contributed by atoms with Gasteiger partial charge in [-0.2, -0.15) is 8.78 Å². The lowest BCUT2D eigenvalue weighted by atomic mass is 10.2. The van der Waals surface area contributed by atoms with Crippen LogP contribution < -0.4 is 0 Å². The molecule has 10 heavy (non-hydrogen) atoms. The fourth-order valence-electron chi connectivity index (χ4n) is 0.407. The van der Waals surface area contributed by atoms with E-state index in [1.807, 2.05) is 0 Å². The highest BCUT2D eigenvalue weighted by atomic mass is 19.3. The maximum Gasteiger partial charge on any atom is 0.374 e. The molecule has 0 fully saturated rings. The number of hydrogen-bond acceptors (Lipinski definition) is 2. The topological polar surface area (TPSA) is 40.5 Å². The predicted molar refractivity (Wildman–Crippen MR) is 32.6 cm³/mol. The molecular formula is C6H10F2O2. The molecule has 60 valence electrons. The normalized spacial score (nSPS) is 16.1. The molecule has 0 aromatic carbocycles. The summed E-state index contributed by atoms with van der Waals surface area (Å²) in [6, 6.07) is 0. The molecule has 0 heterocycles. The minimum Gasteiger partial charge on any atom is -0.393 e. The summed E-state index contributed by atoms with van der Waals surface area (Å²) in [6.07, 6.45) is -2.91. The molecule has 0 saturated carbocycles. The summed E-state index contributed by atoms with van der Waals surface area (Å²) in [4.78, 5) is 0. The van der Waals surface area contributed by atoms with Crippen LogP contribution in [0, 0.1) is 0 Å². The van der Waals surface area contributed by atoms with Crippen molar-refractivity contribution in [1.29, 1.82) is 0 Å². The quantitative estimate of drug-likeness (QED) is 0.590. The molecule has 0 aliphatic carbocycles. The van der Waals surface area contributed by atoms with Gasteiger partial charge < -0.3 is 10.2 Å². The first kappa shape index (κ1) is 9.52. The molecule has 0 aliphatic heterocycles. The number of rotatable bonds is 3. The van der Waals surface area contributed by atoms with E-state index in [0.29, 0.717) is 6.08 Å². The van der Waals surface area contributed by atoms with Gasteiger partial charge in [-0.25, -0.2) is 0 Å². The van der Waals surface area contributed by atoms with E-state index >= 15 is 0 Å². The number of aliphatic hydroxyl groups excluding tert-OH is 1. The lowest BCUT2D eigenvalue weighted by molar-refractivity contribution is -0.154. The summed E-state index contributed by atoms with van der Waals surface area (Å²) in [5.74, 6) is 0. The monoisotopic (exact) mass is 152 g/mol. The minimum atomic E-state index is -3.76. The van der Waals surface area contributed by atoms with Gasteiger partial charge in [0, 0.05) is 6.08 Å². The maximum atomic E-state index is 11.6. The Hall–Kier alpha value is -0.480. The van der Waals surface area contributed by atoms with Crippen LogP contribution in [0.1, 0.15) is 13.3 Å². The van der Waals surface area contributed by atoms with Crippen molar-refractivity contribution in [3.63, 3.8) is 0 Å². The highest BCUT2D eigenvalue weighted by Gasteiger charge is 2.17. The van der Waals surface area contributed by atoms with Crippen LogP contribution in [0.5, 0.6) is 0 Å². The van der Waals surface area contributed by atoms with E-state index < -0.39 is 12.2 Å². The second kappa shape index (κ2) is 3.63. The van der Waals surface area contributed by atoms with Gasteiger partial charge in [-0.15, -0.1) is 0 Å². The molecule has 1 atom stereocenters. The van der Waals surface area contributed by atoms with Crippen LogP contribution in [-0.4, -0.2) is 22.4 Å². The third-order valence-corrected chi connectivity index (χ3v) is 0.796. The first-order valence-corrected chi connectivity index (χ1v) is 2.88. The molecule has 1 unspecified atom stereocenters. The Balaban J connectivity index is 3.57. The Labute approximate surface area is 57.8 Å².